The Bertz CT molecular complexity index is 505. The molecule has 22 heavy (non-hydrogen) atoms. The molecule has 0 radical (unpaired) electrons. The fourth-order valence-electron chi connectivity index (χ4n) is 2.17. The standard InChI is InChI=1S/C14H18N4O4/c15-4-2-1-3-12(19)9-16-18-11-13(22-14(18)20)10-17-5-7-21-8-6-17/h1,3,9,13H,2,5-8,10-11H2/b3-1+,16-9+. The van der Waals surface area contributed by atoms with Crippen LogP contribution in [0.3, 0.4) is 0 Å². The molecule has 2 heterocycles. The van der Waals surface area contributed by atoms with E-state index in [0.717, 1.165) is 24.3 Å². The number of ketones is 1. The highest BCUT2D eigenvalue weighted by Gasteiger charge is 2.32. The molecule has 0 saturated carbocycles. The first-order valence-electron chi connectivity index (χ1n) is 7.08. The molecule has 2 aliphatic heterocycles. The van der Waals surface area contributed by atoms with E-state index in [1.54, 1.807) is 0 Å². The third-order valence-electron chi connectivity index (χ3n) is 3.24. The second-order valence-electron chi connectivity index (χ2n) is 4.91. The number of carbonyl (C=O) groups is 2. The van der Waals surface area contributed by atoms with Crippen molar-refractivity contribution in [2.24, 2.45) is 5.10 Å². The third kappa shape index (κ3) is 4.95. The molecule has 0 bridgehead atoms. The van der Waals surface area contributed by atoms with Crippen LogP contribution in [0.1, 0.15) is 6.42 Å². The van der Waals surface area contributed by atoms with Gasteiger partial charge in [-0.05, 0) is 6.08 Å². The number of amides is 1. The Morgan fingerprint density at radius 3 is 2.95 bits per heavy atom. The second-order valence-corrected chi connectivity index (χ2v) is 4.91. The number of hydrogen-bond donors (Lipinski definition) is 0. The summed E-state index contributed by atoms with van der Waals surface area (Å²) in [4.78, 5) is 25.3. The molecule has 118 valence electrons. The molecule has 1 atom stereocenters. The van der Waals surface area contributed by atoms with Crippen molar-refractivity contribution in [3.05, 3.63) is 12.2 Å². The molecule has 0 aromatic heterocycles. The van der Waals surface area contributed by atoms with Crippen molar-refractivity contribution in [2.75, 3.05) is 39.4 Å². The summed E-state index contributed by atoms with van der Waals surface area (Å²) in [5.41, 5.74) is 0. The minimum Gasteiger partial charge on any atom is -0.441 e. The maximum Gasteiger partial charge on any atom is 0.430 e. The summed E-state index contributed by atoms with van der Waals surface area (Å²) in [5, 5.41) is 13.3. The molecule has 8 nitrogen and oxygen atoms in total. The van der Waals surface area contributed by atoms with E-state index >= 15 is 0 Å². The van der Waals surface area contributed by atoms with Crippen LogP contribution in [0.5, 0.6) is 0 Å². The predicted octanol–water partition coefficient (Wildman–Crippen LogP) is 0.164. The molecule has 0 aromatic rings. The summed E-state index contributed by atoms with van der Waals surface area (Å²) >= 11 is 0. The van der Waals surface area contributed by atoms with E-state index in [0.29, 0.717) is 26.3 Å². The van der Waals surface area contributed by atoms with Gasteiger partial charge in [-0.25, -0.2) is 4.79 Å². The van der Waals surface area contributed by atoms with Crippen LogP contribution in [0.2, 0.25) is 0 Å². The zero-order valence-electron chi connectivity index (χ0n) is 12.2. The third-order valence-corrected chi connectivity index (χ3v) is 3.24. The number of cyclic esters (lactones) is 1. The Morgan fingerprint density at radius 2 is 2.23 bits per heavy atom. The molecule has 8 heteroatoms. The fraction of sp³-hybridized carbons (Fsp3) is 0.571. The summed E-state index contributed by atoms with van der Waals surface area (Å²) in [6.45, 7) is 3.97. The van der Waals surface area contributed by atoms with Crippen molar-refractivity contribution < 1.29 is 19.1 Å². The minimum absolute atomic E-state index is 0.160. The summed E-state index contributed by atoms with van der Waals surface area (Å²) in [7, 11) is 0. The van der Waals surface area contributed by atoms with Gasteiger partial charge in [0.05, 0.1) is 38.5 Å². The second kappa shape index (κ2) is 8.26. The van der Waals surface area contributed by atoms with E-state index < -0.39 is 6.09 Å². The van der Waals surface area contributed by atoms with Crippen molar-refractivity contribution in [2.45, 2.75) is 12.5 Å². The summed E-state index contributed by atoms with van der Waals surface area (Å²) in [6, 6.07) is 1.89. The predicted molar refractivity (Wildman–Crippen MR) is 77.1 cm³/mol. The van der Waals surface area contributed by atoms with Crippen LogP contribution in [-0.4, -0.2) is 73.5 Å². The monoisotopic (exact) mass is 306 g/mol. The lowest BCUT2D eigenvalue weighted by molar-refractivity contribution is -0.108. The summed E-state index contributed by atoms with van der Waals surface area (Å²) in [5.74, 6) is -0.375. The number of hydrogen-bond acceptors (Lipinski definition) is 7. The lowest BCUT2D eigenvalue weighted by Gasteiger charge is -2.27. The van der Waals surface area contributed by atoms with Crippen LogP contribution >= 0.6 is 0 Å². The maximum atomic E-state index is 11.7. The van der Waals surface area contributed by atoms with Crippen molar-refractivity contribution in [1.82, 2.24) is 9.91 Å². The summed E-state index contributed by atoms with van der Waals surface area (Å²) in [6.07, 6.45) is 3.09. The molecule has 2 saturated heterocycles. The molecule has 2 rings (SSSR count). The number of carbonyl (C=O) groups excluding carboxylic acids is 2. The van der Waals surface area contributed by atoms with Crippen molar-refractivity contribution >= 4 is 18.1 Å². The van der Waals surface area contributed by atoms with Gasteiger partial charge in [0.25, 0.3) is 0 Å². The van der Waals surface area contributed by atoms with Crippen LogP contribution in [0.25, 0.3) is 0 Å². The SMILES string of the molecule is N#CC/C=C/C(=O)/C=N/N1CC(CN2CCOCC2)OC1=O. The Labute approximate surface area is 128 Å². The van der Waals surface area contributed by atoms with Crippen LogP contribution in [0.15, 0.2) is 17.3 Å². The van der Waals surface area contributed by atoms with E-state index in [2.05, 4.69) is 10.0 Å². The van der Waals surface area contributed by atoms with Gasteiger partial charge in [-0.2, -0.15) is 15.4 Å². The van der Waals surface area contributed by atoms with Gasteiger partial charge in [0, 0.05) is 19.6 Å². The Morgan fingerprint density at radius 1 is 1.45 bits per heavy atom. The molecule has 2 aliphatic rings. The first kappa shape index (κ1) is 16.1. The van der Waals surface area contributed by atoms with Gasteiger partial charge in [0.15, 0.2) is 5.78 Å². The van der Waals surface area contributed by atoms with Gasteiger partial charge in [-0.3, -0.25) is 9.69 Å². The molecular formula is C14H18N4O4. The zero-order chi connectivity index (χ0) is 15.8. The highest BCUT2D eigenvalue weighted by Crippen LogP contribution is 2.13. The smallest absolute Gasteiger partial charge is 0.430 e. The molecule has 0 aromatic carbocycles. The van der Waals surface area contributed by atoms with Gasteiger partial charge < -0.3 is 9.47 Å². The van der Waals surface area contributed by atoms with Crippen LogP contribution < -0.4 is 0 Å². The quantitative estimate of drug-likeness (QED) is 0.512. The normalized spacial score (nSPS) is 23.1. The lowest BCUT2D eigenvalue weighted by Crippen LogP contribution is -2.41. The van der Waals surface area contributed by atoms with Gasteiger partial charge in [0.2, 0.25) is 0 Å². The first-order valence-corrected chi connectivity index (χ1v) is 7.08. The molecule has 0 spiro atoms. The molecular weight excluding hydrogens is 288 g/mol. The van der Waals surface area contributed by atoms with E-state index in [1.807, 2.05) is 6.07 Å². The van der Waals surface area contributed by atoms with E-state index in [9.17, 15) is 9.59 Å². The van der Waals surface area contributed by atoms with Crippen LogP contribution in [0.4, 0.5) is 4.79 Å². The van der Waals surface area contributed by atoms with Gasteiger partial charge >= 0.3 is 6.09 Å². The molecule has 1 amide bonds. The average Bonchev–Trinajstić information content (AvgIpc) is 2.86. The molecule has 1 unspecified atom stereocenters. The minimum atomic E-state index is -0.552. The van der Waals surface area contributed by atoms with Gasteiger partial charge in [0.1, 0.15) is 6.10 Å². The van der Waals surface area contributed by atoms with E-state index in [4.69, 9.17) is 14.7 Å². The van der Waals surface area contributed by atoms with E-state index in [-0.39, 0.29) is 18.3 Å². The van der Waals surface area contributed by atoms with Crippen molar-refractivity contribution in [1.29, 1.82) is 5.26 Å². The number of rotatable bonds is 6. The van der Waals surface area contributed by atoms with Gasteiger partial charge in [-0.15, -0.1) is 0 Å². The number of hydrazone groups is 1. The molecule has 0 aliphatic carbocycles. The fourth-order valence-corrected chi connectivity index (χ4v) is 2.17. The Kier molecular flexibility index (Phi) is 6.06. The maximum absolute atomic E-state index is 11.7. The number of morpholine rings is 1. The Balaban J connectivity index is 1.79. The lowest BCUT2D eigenvalue weighted by atomic mass is 10.3. The first-order chi connectivity index (χ1) is 10.7. The largest absolute Gasteiger partial charge is 0.441 e. The van der Waals surface area contributed by atoms with E-state index in [1.165, 1.54) is 12.2 Å². The van der Waals surface area contributed by atoms with Crippen molar-refractivity contribution in [3.63, 3.8) is 0 Å². The highest BCUT2D eigenvalue weighted by molar-refractivity contribution is 6.32. The highest BCUT2D eigenvalue weighted by atomic mass is 16.6. The number of allylic oxidation sites excluding steroid dienone is 2. The average molecular weight is 306 g/mol. The summed E-state index contributed by atoms with van der Waals surface area (Å²) < 4.78 is 10.5. The molecule has 2 fully saturated rings. The molecule has 0 N–H and O–H groups in total. The van der Waals surface area contributed by atoms with Crippen molar-refractivity contribution in [3.8, 4) is 6.07 Å². The zero-order valence-corrected chi connectivity index (χ0v) is 12.2. The Hall–Kier alpha value is -2.24. The topological polar surface area (TPSA) is 95.2 Å². The van der Waals surface area contributed by atoms with Gasteiger partial charge in [-0.1, -0.05) is 6.08 Å². The number of ether oxygens (including phenoxy) is 2. The van der Waals surface area contributed by atoms with Crippen LogP contribution in [0, 0.1) is 11.3 Å². The number of nitriles is 1. The van der Waals surface area contributed by atoms with Crippen LogP contribution in [-0.2, 0) is 14.3 Å². The number of nitrogens with zero attached hydrogens (tertiary/aromatic N) is 4.